The van der Waals surface area contributed by atoms with Crippen molar-refractivity contribution in [1.82, 2.24) is 0 Å². The third-order valence-electron chi connectivity index (χ3n) is 2.51. The maximum Gasteiger partial charge on any atom is 0.125 e. The second-order valence-electron chi connectivity index (χ2n) is 3.69. The molecule has 0 bridgehead atoms. The summed E-state index contributed by atoms with van der Waals surface area (Å²) in [6.07, 6.45) is 1.66. The average molecular weight is 247 g/mol. The van der Waals surface area contributed by atoms with Gasteiger partial charge in [-0.1, -0.05) is 11.6 Å². The summed E-state index contributed by atoms with van der Waals surface area (Å²) in [6, 6.07) is 9.22. The minimum atomic E-state index is 0.465. The van der Waals surface area contributed by atoms with E-state index in [1.165, 1.54) is 0 Å². The number of hydrogen-bond donors (Lipinski definition) is 1. The quantitative estimate of drug-likeness (QED) is 0.898. The summed E-state index contributed by atoms with van der Waals surface area (Å²) in [4.78, 5) is 0. The van der Waals surface area contributed by atoms with Crippen LogP contribution in [0.4, 0.5) is 5.69 Å². The molecule has 1 N–H and O–H groups in total. The molecule has 0 fully saturated rings. The number of nitrogens with one attached hydrogen (secondary N) is 1. The van der Waals surface area contributed by atoms with Gasteiger partial charge in [-0.3, -0.25) is 0 Å². The molecule has 0 aliphatic heterocycles. The van der Waals surface area contributed by atoms with E-state index in [1.54, 1.807) is 18.4 Å². The zero-order chi connectivity index (χ0) is 12.3. The fourth-order valence-electron chi connectivity index (χ4n) is 1.49. The molecule has 0 saturated carbocycles. The molecular formula is C13H11ClN2O. The van der Waals surface area contributed by atoms with E-state index in [-0.39, 0.29) is 0 Å². The maximum absolute atomic E-state index is 8.86. The molecule has 1 aromatic carbocycles. The first kappa shape index (κ1) is 11.6. The molecule has 0 aliphatic carbocycles. The van der Waals surface area contributed by atoms with E-state index in [9.17, 15) is 0 Å². The van der Waals surface area contributed by atoms with Gasteiger partial charge in [0.25, 0.3) is 0 Å². The molecule has 17 heavy (non-hydrogen) atoms. The van der Waals surface area contributed by atoms with Crippen LogP contribution in [0.25, 0.3) is 0 Å². The molecule has 0 amide bonds. The van der Waals surface area contributed by atoms with Crippen LogP contribution in [0.5, 0.6) is 0 Å². The van der Waals surface area contributed by atoms with Gasteiger partial charge in [0.2, 0.25) is 0 Å². The third kappa shape index (κ3) is 2.61. The van der Waals surface area contributed by atoms with Gasteiger partial charge < -0.3 is 9.73 Å². The number of rotatable bonds is 3. The molecule has 86 valence electrons. The van der Waals surface area contributed by atoms with E-state index in [4.69, 9.17) is 21.3 Å². The molecule has 1 heterocycles. The minimum absolute atomic E-state index is 0.465. The Balaban J connectivity index is 2.10. The fourth-order valence-corrected chi connectivity index (χ4v) is 1.65. The lowest BCUT2D eigenvalue weighted by atomic mass is 10.2. The highest BCUT2D eigenvalue weighted by Crippen LogP contribution is 2.20. The average Bonchev–Trinajstić information content (AvgIpc) is 2.74. The SMILES string of the molecule is Cc1ccoc1CNc1ccc(Cl)c(C#N)c1. The van der Waals surface area contributed by atoms with Crippen molar-refractivity contribution in [3.05, 3.63) is 52.4 Å². The van der Waals surface area contributed by atoms with Gasteiger partial charge in [0, 0.05) is 5.69 Å². The number of furan rings is 1. The Hall–Kier alpha value is -1.92. The zero-order valence-electron chi connectivity index (χ0n) is 9.33. The minimum Gasteiger partial charge on any atom is -0.467 e. The van der Waals surface area contributed by atoms with Gasteiger partial charge in [0.1, 0.15) is 11.8 Å². The molecule has 2 aromatic rings. The summed E-state index contributed by atoms with van der Waals surface area (Å²) in [5.41, 5.74) is 2.42. The molecule has 3 nitrogen and oxygen atoms in total. The highest BCUT2D eigenvalue weighted by molar-refractivity contribution is 6.31. The molecule has 4 heteroatoms. The Bertz CT molecular complexity index is 569. The lowest BCUT2D eigenvalue weighted by molar-refractivity contribution is 0.515. The predicted molar refractivity (Wildman–Crippen MR) is 66.9 cm³/mol. The van der Waals surface area contributed by atoms with E-state index in [0.717, 1.165) is 17.0 Å². The van der Waals surface area contributed by atoms with Crippen LogP contribution < -0.4 is 5.32 Å². The Morgan fingerprint density at radius 1 is 1.41 bits per heavy atom. The molecule has 0 saturated heterocycles. The van der Waals surface area contributed by atoms with Gasteiger partial charge in [0.15, 0.2) is 0 Å². The van der Waals surface area contributed by atoms with Gasteiger partial charge in [-0.25, -0.2) is 0 Å². The molecule has 0 unspecified atom stereocenters. The number of nitriles is 1. The second-order valence-corrected chi connectivity index (χ2v) is 4.09. The first-order valence-electron chi connectivity index (χ1n) is 5.17. The van der Waals surface area contributed by atoms with E-state index >= 15 is 0 Å². The van der Waals surface area contributed by atoms with Crippen LogP contribution in [0.15, 0.2) is 34.9 Å². The van der Waals surface area contributed by atoms with Crippen molar-refractivity contribution < 1.29 is 4.42 Å². The van der Waals surface area contributed by atoms with E-state index in [2.05, 4.69) is 5.32 Å². The first-order valence-corrected chi connectivity index (χ1v) is 5.55. The van der Waals surface area contributed by atoms with E-state index in [0.29, 0.717) is 17.1 Å². The topological polar surface area (TPSA) is 49.0 Å². The summed E-state index contributed by atoms with van der Waals surface area (Å²) in [5.74, 6) is 0.887. The van der Waals surface area contributed by atoms with Crippen LogP contribution in [-0.2, 0) is 6.54 Å². The molecule has 0 aliphatic rings. The molecule has 0 atom stereocenters. The summed E-state index contributed by atoms with van der Waals surface area (Å²) in [7, 11) is 0. The van der Waals surface area contributed by atoms with Crippen molar-refractivity contribution >= 4 is 17.3 Å². The number of anilines is 1. The van der Waals surface area contributed by atoms with E-state index < -0.39 is 0 Å². The second kappa shape index (κ2) is 4.94. The third-order valence-corrected chi connectivity index (χ3v) is 2.84. The summed E-state index contributed by atoms with van der Waals surface area (Å²) in [5, 5.41) is 12.5. The first-order chi connectivity index (χ1) is 8.20. The lowest BCUT2D eigenvalue weighted by Gasteiger charge is -2.06. The summed E-state index contributed by atoms with van der Waals surface area (Å²) in [6.45, 7) is 2.58. The monoisotopic (exact) mass is 246 g/mol. The molecule has 0 spiro atoms. The number of benzene rings is 1. The van der Waals surface area contributed by atoms with Gasteiger partial charge in [-0.15, -0.1) is 0 Å². The van der Waals surface area contributed by atoms with Gasteiger partial charge in [-0.05, 0) is 36.8 Å². The Kier molecular flexibility index (Phi) is 3.36. The van der Waals surface area contributed by atoms with Gasteiger partial charge >= 0.3 is 0 Å². The van der Waals surface area contributed by atoms with Crippen molar-refractivity contribution in [2.75, 3.05) is 5.32 Å². The van der Waals surface area contributed by atoms with Crippen LogP contribution >= 0.6 is 11.6 Å². The van der Waals surface area contributed by atoms with Crippen molar-refractivity contribution in [2.24, 2.45) is 0 Å². The summed E-state index contributed by atoms with van der Waals surface area (Å²) < 4.78 is 5.31. The van der Waals surface area contributed by atoms with Crippen molar-refractivity contribution in [2.45, 2.75) is 13.5 Å². The Labute approximate surface area is 105 Å². The van der Waals surface area contributed by atoms with Crippen molar-refractivity contribution in [3.63, 3.8) is 0 Å². The normalized spacial score (nSPS) is 9.94. The fraction of sp³-hybridized carbons (Fsp3) is 0.154. The van der Waals surface area contributed by atoms with Gasteiger partial charge in [0.05, 0.1) is 23.4 Å². The highest BCUT2D eigenvalue weighted by atomic mass is 35.5. The van der Waals surface area contributed by atoms with Crippen molar-refractivity contribution in [1.29, 1.82) is 5.26 Å². The van der Waals surface area contributed by atoms with Crippen LogP contribution in [0.3, 0.4) is 0 Å². The molecule has 0 radical (unpaired) electrons. The number of aryl methyl sites for hydroxylation is 1. The smallest absolute Gasteiger partial charge is 0.125 e. The lowest BCUT2D eigenvalue weighted by Crippen LogP contribution is -1.99. The van der Waals surface area contributed by atoms with Crippen LogP contribution in [0, 0.1) is 18.3 Å². The molecule has 1 aromatic heterocycles. The van der Waals surface area contributed by atoms with Crippen molar-refractivity contribution in [3.8, 4) is 6.07 Å². The largest absolute Gasteiger partial charge is 0.467 e. The maximum atomic E-state index is 8.86. The Morgan fingerprint density at radius 3 is 2.88 bits per heavy atom. The number of halogens is 1. The molecule has 2 rings (SSSR count). The van der Waals surface area contributed by atoms with Gasteiger partial charge in [-0.2, -0.15) is 5.26 Å². The van der Waals surface area contributed by atoms with Crippen LogP contribution in [0.2, 0.25) is 5.02 Å². The zero-order valence-corrected chi connectivity index (χ0v) is 10.1. The number of nitrogens with zero attached hydrogens (tertiary/aromatic N) is 1. The Morgan fingerprint density at radius 2 is 2.24 bits per heavy atom. The predicted octanol–water partition coefficient (Wildman–Crippen LogP) is 3.73. The summed E-state index contributed by atoms with van der Waals surface area (Å²) >= 11 is 5.85. The highest BCUT2D eigenvalue weighted by Gasteiger charge is 2.03. The van der Waals surface area contributed by atoms with Crippen LogP contribution in [-0.4, -0.2) is 0 Å². The van der Waals surface area contributed by atoms with E-state index in [1.807, 2.05) is 25.1 Å². The number of hydrogen-bond acceptors (Lipinski definition) is 3. The molecular weight excluding hydrogens is 236 g/mol. The standard InChI is InChI=1S/C13H11ClN2O/c1-9-4-5-17-13(9)8-16-11-2-3-12(14)10(6-11)7-15/h2-6,16H,8H2,1H3. The van der Waals surface area contributed by atoms with Crippen LogP contribution in [0.1, 0.15) is 16.9 Å².